The molecule has 240 valence electrons. The summed E-state index contributed by atoms with van der Waals surface area (Å²) in [7, 11) is 0. The smallest absolute Gasteiger partial charge is 0.0788 e. The maximum absolute atomic E-state index is 4.20. The molecule has 0 fully saturated rings. The van der Waals surface area contributed by atoms with Gasteiger partial charge < -0.3 is 9.13 Å². The maximum Gasteiger partial charge on any atom is 0.0788 e. The molecule has 0 radical (unpaired) electrons. The molecule has 0 saturated heterocycles. The summed E-state index contributed by atoms with van der Waals surface area (Å²) >= 11 is 0. The molecule has 2 heteroatoms. The second-order valence-electron chi connectivity index (χ2n) is 13.3. The fraction of sp³-hybridized carbons (Fsp3) is 0.0204. The molecule has 0 aliphatic heterocycles. The second kappa shape index (κ2) is 11.5. The third-order valence-electron chi connectivity index (χ3n) is 10.6. The number of hydrogen-bond donors (Lipinski definition) is 0. The van der Waals surface area contributed by atoms with Gasteiger partial charge in [0.05, 0.1) is 22.1 Å². The Hall–Kier alpha value is -6.64. The van der Waals surface area contributed by atoms with Crippen molar-refractivity contribution in [1.82, 2.24) is 9.13 Å². The van der Waals surface area contributed by atoms with Gasteiger partial charge in [-0.1, -0.05) is 140 Å². The molecule has 0 amide bonds. The highest BCUT2D eigenvalue weighted by atomic mass is 15.0. The van der Waals surface area contributed by atoms with Crippen LogP contribution in [-0.2, 0) is 0 Å². The quantitative estimate of drug-likeness (QED) is 0.164. The molecule has 0 unspecified atom stereocenters. The van der Waals surface area contributed by atoms with Gasteiger partial charge in [-0.3, -0.25) is 0 Å². The predicted octanol–water partition coefficient (Wildman–Crippen LogP) is 13.5. The normalized spacial score (nSPS) is 12.0. The van der Waals surface area contributed by atoms with E-state index in [-0.39, 0.29) is 0 Å². The van der Waals surface area contributed by atoms with E-state index < -0.39 is 0 Å². The first-order valence-corrected chi connectivity index (χ1v) is 17.6. The highest BCUT2D eigenvalue weighted by molar-refractivity contribution is 6.24. The van der Waals surface area contributed by atoms with E-state index in [0.717, 1.165) is 11.4 Å². The van der Waals surface area contributed by atoms with Crippen LogP contribution in [0.4, 0.5) is 0 Å². The number of hydrogen-bond acceptors (Lipinski definition) is 0. The zero-order chi connectivity index (χ0) is 34.1. The molecule has 0 saturated carbocycles. The third-order valence-corrected chi connectivity index (χ3v) is 10.6. The van der Waals surface area contributed by atoms with Crippen molar-refractivity contribution in [3.8, 4) is 22.5 Å². The Labute approximate surface area is 296 Å². The number of rotatable bonds is 5. The van der Waals surface area contributed by atoms with Crippen LogP contribution in [0.15, 0.2) is 170 Å². The van der Waals surface area contributed by atoms with E-state index in [1.54, 1.807) is 0 Å². The number of allylic oxidation sites excluding steroid dienone is 1. The van der Waals surface area contributed by atoms with E-state index in [1.807, 2.05) is 6.08 Å². The van der Waals surface area contributed by atoms with Crippen LogP contribution in [0.3, 0.4) is 0 Å². The van der Waals surface area contributed by atoms with Gasteiger partial charge in [-0.2, -0.15) is 0 Å². The van der Waals surface area contributed by atoms with E-state index >= 15 is 0 Å². The van der Waals surface area contributed by atoms with Crippen LogP contribution in [0.2, 0.25) is 0 Å². The largest absolute Gasteiger partial charge is 0.307 e. The minimum absolute atomic E-state index is 1.14. The molecule has 0 bridgehead atoms. The van der Waals surface area contributed by atoms with Crippen molar-refractivity contribution in [2.24, 2.45) is 0 Å². The lowest BCUT2D eigenvalue weighted by Gasteiger charge is -2.15. The zero-order valence-corrected chi connectivity index (χ0v) is 28.3. The molecule has 0 atom stereocenters. The van der Waals surface area contributed by atoms with E-state index in [9.17, 15) is 0 Å². The molecule has 2 aromatic heterocycles. The Balaban J connectivity index is 1.21. The first-order chi connectivity index (χ1) is 25.2. The van der Waals surface area contributed by atoms with E-state index in [4.69, 9.17) is 0 Å². The third kappa shape index (κ3) is 4.30. The lowest BCUT2D eigenvalue weighted by molar-refractivity contribution is 1.15. The Morgan fingerprint density at radius 1 is 0.412 bits per heavy atom. The van der Waals surface area contributed by atoms with Crippen LogP contribution in [0.1, 0.15) is 18.1 Å². The summed E-state index contributed by atoms with van der Waals surface area (Å²) in [5, 5.41) is 9.99. The molecule has 10 rings (SSSR count). The second-order valence-corrected chi connectivity index (χ2v) is 13.3. The van der Waals surface area contributed by atoms with Gasteiger partial charge in [-0.25, -0.2) is 0 Å². The van der Waals surface area contributed by atoms with Crippen molar-refractivity contribution < 1.29 is 0 Å². The number of fused-ring (bicyclic) bond motifs is 10. The van der Waals surface area contributed by atoms with Crippen molar-refractivity contribution in [2.75, 3.05) is 0 Å². The van der Waals surface area contributed by atoms with Crippen molar-refractivity contribution in [2.45, 2.75) is 6.92 Å². The van der Waals surface area contributed by atoms with Crippen LogP contribution >= 0.6 is 0 Å². The van der Waals surface area contributed by atoms with Gasteiger partial charge in [0.2, 0.25) is 0 Å². The minimum Gasteiger partial charge on any atom is -0.307 e. The van der Waals surface area contributed by atoms with Gasteiger partial charge >= 0.3 is 0 Å². The summed E-state index contributed by atoms with van der Waals surface area (Å²) in [6, 6.07) is 57.6. The Morgan fingerprint density at radius 2 is 0.902 bits per heavy atom. The summed E-state index contributed by atoms with van der Waals surface area (Å²) in [5.41, 5.74) is 11.9. The van der Waals surface area contributed by atoms with Gasteiger partial charge in [0.1, 0.15) is 0 Å². The highest BCUT2D eigenvalue weighted by Crippen LogP contribution is 2.42. The molecule has 2 heterocycles. The van der Waals surface area contributed by atoms with Gasteiger partial charge in [-0.05, 0) is 93.2 Å². The minimum atomic E-state index is 1.14. The van der Waals surface area contributed by atoms with Gasteiger partial charge in [0.15, 0.2) is 0 Å². The Morgan fingerprint density at radius 3 is 1.51 bits per heavy atom. The predicted molar refractivity (Wildman–Crippen MR) is 220 cm³/mol. The molecule has 51 heavy (non-hydrogen) atoms. The molecule has 0 aliphatic rings. The average Bonchev–Trinajstić information content (AvgIpc) is 3.71. The zero-order valence-electron chi connectivity index (χ0n) is 28.3. The molecule has 0 N–H and O–H groups in total. The van der Waals surface area contributed by atoms with Crippen molar-refractivity contribution >= 4 is 77.3 Å². The van der Waals surface area contributed by atoms with E-state index in [2.05, 4.69) is 193 Å². The number of nitrogens with zero attached hydrogens (tertiary/aromatic N) is 2. The van der Waals surface area contributed by atoms with Gasteiger partial charge in [-0.15, -0.1) is 0 Å². The fourth-order valence-corrected chi connectivity index (χ4v) is 8.41. The number of aromatic nitrogens is 2. The first kappa shape index (κ1) is 29.3. The highest BCUT2D eigenvalue weighted by Gasteiger charge is 2.21. The molecule has 0 spiro atoms. The lowest BCUT2D eigenvalue weighted by Crippen LogP contribution is -1.98. The van der Waals surface area contributed by atoms with Crippen molar-refractivity contribution in [3.05, 3.63) is 182 Å². The topological polar surface area (TPSA) is 9.86 Å². The van der Waals surface area contributed by atoms with Crippen molar-refractivity contribution in [3.63, 3.8) is 0 Å². The monoisotopic (exact) mass is 650 g/mol. The molecule has 10 aromatic rings. The summed E-state index contributed by atoms with van der Waals surface area (Å²) in [6.45, 7) is 6.29. The van der Waals surface area contributed by atoms with Crippen LogP contribution in [0.25, 0.3) is 99.8 Å². The van der Waals surface area contributed by atoms with Crippen molar-refractivity contribution in [1.29, 1.82) is 0 Å². The fourth-order valence-electron chi connectivity index (χ4n) is 8.41. The molecule has 0 aliphatic carbocycles. The molecule has 8 aromatic carbocycles. The average molecular weight is 651 g/mol. The molecular weight excluding hydrogens is 617 g/mol. The van der Waals surface area contributed by atoms with Crippen LogP contribution in [-0.4, -0.2) is 9.13 Å². The Kier molecular flexibility index (Phi) is 6.59. The first-order valence-electron chi connectivity index (χ1n) is 17.6. The lowest BCUT2D eigenvalue weighted by atomic mass is 9.89. The molecule has 2 nitrogen and oxygen atoms in total. The van der Waals surface area contributed by atoms with Gasteiger partial charge in [0.25, 0.3) is 0 Å². The maximum atomic E-state index is 4.20. The summed E-state index contributed by atoms with van der Waals surface area (Å²) < 4.78 is 4.90. The van der Waals surface area contributed by atoms with Gasteiger partial charge in [0, 0.05) is 32.9 Å². The standard InChI is InChI=1S/C49H34N2/c1-3-14-37-36(4-2)38-17-8-9-18-39(38)40-28-25-33(31-45(37)40)32-23-26-35(27-24-32)51-47-22-13-11-20-42(47)44-30-29-43-41-19-10-12-21-46(41)50(48(43)49(44)51)34-15-6-5-7-16-34/h3-31H,2H2,1H3/b14-3-. The van der Waals surface area contributed by atoms with Crippen LogP contribution in [0.5, 0.6) is 0 Å². The Bertz CT molecular complexity index is 3030. The van der Waals surface area contributed by atoms with Crippen LogP contribution in [0, 0.1) is 0 Å². The van der Waals surface area contributed by atoms with Crippen LogP contribution < -0.4 is 0 Å². The van der Waals surface area contributed by atoms with E-state index in [1.165, 1.54) is 87.4 Å². The summed E-state index contributed by atoms with van der Waals surface area (Å²) in [6.07, 6.45) is 6.34. The van der Waals surface area contributed by atoms with E-state index in [0.29, 0.717) is 0 Å². The molecular formula is C49H34N2. The SMILES string of the molecule is C=Cc1c(/C=C\C)c2cc(-c3ccc(-n4c5ccccc5c5ccc6c7ccccc7n(-c7ccccc7)c6c54)cc3)ccc2c2ccccc12. The summed E-state index contributed by atoms with van der Waals surface area (Å²) in [5.74, 6) is 0. The number of para-hydroxylation sites is 3. The summed E-state index contributed by atoms with van der Waals surface area (Å²) in [4.78, 5) is 0. The number of benzene rings is 8.